The number of carbonyl (C=O) groups excluding carboxylic acids is 1. The number of aromatic nitrogens is 4. The lowest BCUT2D eigenvalue weighted by Crippen LogP contribution is -2.32. The van der Waals surface area contributed by atoms with Crippen LogP contribution in [0.5, 0.6) is 11.5 Å². The molecule has 2 N–H and O–H groups in total. The van der Waals surface area contributed by atoms with E-state index < -0.39 is 0 Å². The van der Waals surface area contributed by atoms with E-state index in [0.29, 0.717) is 17.4 Å². The van der Waals surface area contributed by atoms with Gasteiger partial charge >= 0.3 is 0 Å². The van der Waals surface area contributed by atoms with Gasteiger partial charge in [-0.2, -0.15) is 4.68 Å². The predicted molar refractivity (Wildman–Crippen MR) is 106 cm³/mol. The molecule has 0 spiro atoms. The maximum Gasteiger partial charge on any atom is 0.233 e. The van der Waals surface area contributed by atoms with Crippen LogP contribution in [0.3, 0.4) is 0 Å². The van der Waals surface area contributed by atoms with Crippen molar-refractivity contribution in [2.45, 2.75) is 23.8 Å². The molecule has 0 aliphatic heterocycles. The Morgan fingerprint density at radius 3 is 2.61 bits per heavy atom. The Hall–Kier alpha value is -3.07. The molecular formula is C19H21N5O3S. The quantitative estimate of drug-likeness (QED) is 0.560. The number of thioether (sulfide) groups is 1. The van der Waals surface area contributed by atoms with Crippen LogP contribution in [0.15, 0.2) is 53.7 Å². The van der Waals surface area contributed by atoms with Gasteiger partial charge in [0.1, 0.15) is 11.5 Å². The smallest absolute Gasteiger partial charge is 0.233 e. The van der Waals surface area contributed by atoms with Crippen LogP contribution in [0.4, 0.5) is 0 Å². The van der Waals surface area contributed by atoms with Gasteiger partial charge in [0, 0.05) is 6.54 Å². The number of hydrogen-bond acceptors (Lipinski definition) is 7. The Labute approximate surface area is 166 Å². The molecule has 0 aliphatic carbocycles. The van der Waals surface area contributed by atoms with E-state index >= 15 is 0 Å². The molecule has 1 heterocycles. The van der Waals surface area contributed by atoms with Crippen molar-refractivity contribution in [3.8, 4) is 17.2 Å². The molecule has 1 aromatic heterocycles. The average molecular weight is 399 g/mol. The number of tetrazole rings is 1. The second-order valence-corrected chi connectivity index (χ2v) is 7.35. The molecule has 0 unspecified atom stereocenters. The van der Waals surface area contributed by atoms with Crippen LogP contribution in [-0.2, 0) is 11.2 Å². The lowest BCUT2D eigenvalue weighted by atomic mass is 10.1. The number of rotatable bonds is 8. The molecule has 1 amide bonds. The number of ether oxygens (including phenoxy) is 1. The summed E-state index contributed by atoms with van der Waals surface area (Å²) in [4.78, 5) is 12.4. The molecule has 0 aliphatic rings. The van der Waals surface area contributed by atoms with Gasteiger partial charge in [-0.1, -0.05) is 23.9 Å². The number of phenolic OH excluding ortho intramolecular Hbond substituents is 1. The first kappa shape index (κ1) is 19.7. The average Bonchev–Trinajstić information content (AvgIpc) is 3.17. The van der Waals surface area contributed by atoms with Crippen molar-refractivity contribution in [1.29, 1.82) is 0 Å². The van der Waals surface area contributed by atoms with Gasteiger partial charge < -0.3 is 15.2 Å². The molecule has 8 nitrogen and oxygen atoms in total. The van der Waals surface area contributed by atoms with Crippen LogP contribution in [0.25, 0.3) is 5.69 Å². The maximum absolute atomic E-state index is 12.4. The van der Waals surface area contributed by atoms with E-state index in [4.69, 9.17) is 4.74 Å². The number of carbonyl (C=O) groups is 1. The molecule has 3 aromatic rings. The third kappa shape index (κ3) is 5.01. The zero-order valence-electron chi connectivity index (χ0n) is 15.6. The van der Waals surface area contributed by atoms with Crippen LogP contribution >= 0.6 is 11.8 Å². The summed E-state index contributed by atoms with van der Waals surface area (Å²) >= 11 is 1.27. The highest BCUT2D eigenvalue weighted by Crippen LogP contribution is 2.23. The van der Waals surface area contributed by atoms with Gasteiger partial charge in [0.05, 0.1) is 18.0 Å². The molecule has 146 valence electrons. The number of methoxy groups -OCH3 is 1. The molecule has 0 fully saturated rings. The van der Waals surface area contributed by atoms with E-state index in [0.717, 1.165) is 17.7 Å². The van der Waals surface area contributed by atoms with E-state index in [9.17, 15) is 9.90 Å². The first-order valence-electron chi connectivity index (χ1n) is 8.72. The first-order chi connectivity index (χ1) is 13.6. The summed E-state index contributed by atoms with van der Waals surface area (Å²) in [6.45, 7) is 2.35. The minimum atomic E-state index is -0.363. The molecule has 9 heteroatoms. The van der Waals surface area contributed by atoms with Gasteiger partial charge in [-0.3, -0.25) is 4.79 Å². The maximum atomic E-state index is 12.4. The van der Waals surface area contributed by atoms with Crippen molar-refractivity contribution in [3.63, 3.8) is 0 Å². The van der Waals surface area contributed by atoms with E-state index in [2.05, 4.69) is 20.8 Å². The summed E-state index contributed by atoms with van der Waals surface area (Å²) in [6, 6.07) is 14.3. The molecule has 3 rings (SSSR count). The molecule has 0 saturated carbocycles. The van der Waals surface area contributed by atoms with Crippen LogP contribution in [-0.4, -0.2) is 50.1 Å². The van der Waals surface area contributed by atoms with Gasteiger partial charge in [0.15, 0.2) is 0 Å². The number of aromatic hydroxyl groups is 1. The number of phenols is 1. The van der Waals surface area contributed by atoms with E-state index in [1.165, 1.54) is 16.4 Å². The van der Waals surface area contributed by atoms with Crippen LogP contribution in [0.1, 0.15) is 12.5 Å². The fraction of sp³-hybridized carbons (Fsp3) is 0.263. The van der Waals surface area contributed by atoms with Gasteiger partial charge in [-0.05, 0) is 65.7 Å². The van der Waals surface area contributed by atoms with Gasteiger partial charge in [-0.25, -0.2) is 0 Å². The number of nitrogens with one attached hydrogen (secondary N) is 1. The summed E-state index contributed by atoms with van der Waals surface area (Å²) in [5.41, 5.74) is 1.83. The molecule has 0 saturated heterocycles. The zero-order chi connectivity index (χ0) is 19.9. The second-order valence-electron chi connectivity index (χ2n) is 6.04. The Balaban J connectivity index is 1.53. The number of hydrogen-bond donors (Lipinski definition) is 2. The van der Waals surface area contributed by atoms with Gasteiger partial charge in [0.25, 0.3) is 0 Å². The molecule has 1 atom stereocenters. The molecule has 0 radical (unpaired) electrons. The largest absolute Gasteiger partial charge is 0.508 e. The first-order valence-corrected chi connectivity index (χ1v) is 9.60. The summed E-state index contributed by atoms with van der Waals surface area (Å²) in [5.74, 6) is 0.888. The third-order valence-corrected chi connectivity index (χ3v) is 5.09. The standard InChI is InChI=1S/C19H21N5O3S/c1-13(18(26)20-12-11-14-3-9-17(27-2)10-4-14)28-19-21-22-23-24(19)15-5-7-16(25)8-6-15/h3-10,13,25H,11-12H2,1-2H3,(H,20,26)/t13-/m0/s1. The van der Waals surface area contributed by atoms with Crippen molar-refractivity contribution in [2.75, 3.05) is 13.7 Å². The van der Waals surface area contributed by atoms with Gasteiger partial charge in [-0.15, -0.1) is 5.10 Å². The van der Waals surface area contributed by atoms with Crippen LogP contribution < -0.4 is 10.1 Å². The topological polar surface area (TPSA) is 102 Å². The molecule has 28 heavy (non-hydrogen) atoms. The van der Waals surface area contributed by atoms with Crippen molar-refractivity contribution < 1.29 is 14.6 Å². The molecule has 2 aromatic carbocycles. The Morgan fingerprint density at radius 1 is 1.21 bits per heavy atom. The summed E-state index contributed by atoms with van der Waals surface area (Å²) < 4.78 is 6.67. The Kier molecular flexibility index (Phi) is 6.49. The van der Waals surface area contributed by atoms with Crippen LogP contribution in [0, 0.1) is 0 Å². The summed E-state index contributed by atoms with van der Waals surface area (Å²) in [6.07, 6.45) is 0.734. The minimum Gasteiger partial charge on any atom is -0.508 e. The predicted octanol–water partition coefficient (Wildman–Crippen LogP) is 2.22. The Morgan fingerprint density at radius 2 is 1.93 bits per heavy atom. The van der Waals surface area contributed by atoms with E-state index in [1.807, 2.05) is 31.2 Å². The SMILES string of the molecule is COc1ccc(CCNC(=O)[C@H](C)Sc2nnnn2-c2ccc(O)cc2)cc1. The normalized spacial score (nSPS) is 11.8. The molecular weight excluding hydrogens is 378 g/mol. The summed E-state index contributed by atoms with van der Waals surface area (Å²) in [7, 11) is 1.63. The number of amides is 1. The third-order valence-electron chi connectivity index (χ3n) is 4.06. The van der Waals surface area contributed by atoms with Crippen molar-refractivity contribution in [3.05, 3.63) is 54.1 Å². The Bertz CT molecular complexity index is 912. The number of benzene rings is 2. The van der Waals surface area contributed by atoms with Crippen LogP contribution in [0.2, 0.25) is 0 Å². The highest BCUT2D eigenvalue weighted by Gasteiger charge is 2.19. The lowest BCUT2D eigenvalue weighted by Gasteiger charge is -2.12. The lowest BCUT2D eigenvalue weighted by molar-refractivity contribution is -0.120. The van der Waals surface area contributed by atoms with Crippen molar-refractivity contribution >= 4 is 17.7 Å². The summed E-state index contributed by atoms with van der Waals surface area (Å²) in [5, 5.41) is 24.1. The minimum absolute atomic E-state index is 0.0845. The molecule has 0 bridgehead atoms. The van der Waals surface area contributed by atoms with Gasteiger partial charge in [0.2, 0.25) is 11.1 Å². The highest BCUT2D eigenvalue weighted by atomic mass is 32.2. The van der Waals surface area contributed by atoms with E-state index in [-0.39, 0.29) is 16.9 Å². The van der Waals surface area contributed by atoms with Crippen molar-refractivity contribution in [1.82, 2.24) is 25.5 Å². The van der Waals surface area contributed by atoms with Crippen molar-refractivity contribution in [2.24, 2.45) is 0 Å². The monoisotopic (exact) mass is 399 g/mol. The zero-order valence-corrected chi connectivity index (χ0v) is 16.4. The highest BCUT2D eigenvalue weighted by molar-refractivity contribution is 8.00. The second kappa shape index (κ2) is 9.23. The van der Waals surface area contributed by atoms with E-state index in [1.54, 1.807) is 31.4 Å². The fourth-order valence-electron chi connectivity index (χ4n) is 2.49. The number of nitrogens with zero attached hydrogens (tertiary/aromatic N) is 4. The fourth-order valence-corrected chi connectivity index (χ4v) is 3.32.